The molecule has 0 spiro atoms. The molecule has 0 saturated carbocycles. The fraction of sp³-hybridized carbons (Fsp3) is 0.458. The zero-order valence-corrected chi connectivity index (χ0v) is 18.9. The van der Waals surface area contributed by atoms with Crippen LogP contribution in [0.1, 0.15) is 34.7 Å². The van der Waals surface area contributed by atoms with E-state index in [2.05, 4.69) is 16.0 Å². The summed E-state index contributed by atoms with van der Waals surface area (Å²) < 4.78 is 0. The van der Waals surface area contributed by atoms with Crippen molar-refractivity contribution in [3.63, 3.8) is 0 Å². The van der Waals surface area contributed by atoms with E-state index in [0.717, 1.165) is 67.0 Å². The first-order valence-electron chi connectivity index (χ1n) is 11.6. The number of para-hydroxylation sites is 1. The minimum atomic E-state index is 0.00547. The molecule has 1 aliphatic carbocycles. The van der Waals surface area contributed by atoms with Crippen LogP contribution in [0.5, 0.6) is 0 Å². The van der Waals surface area contributed by atoms with Crippen molar-refractivity contribution in [1.82, 2.24) is 19.8 Å². The molecule has 0 radical (unpaired) electrons. The Kier molecular flexibility index (Phi) is 4.99. The second-order valence-electron chi connectivity index (χ2n) is 8.98. The van der Waals surface area contributed by atoms with Gasteiger partial charge in [-0.15, -0.1) is 11.3 Å². The molecule has 8 heteroatoms. The summed E-state index contributed by atoms with van der Waals surface area (Å²) >= 11 is 1.69. The number of amides is 2. The number of benzene rings is 1. The number of rotatable bonds is 2. The molecule has 7 nitrogen and oxygen atoms in total. The van der Waals surface area contributed by atoms with E-state index < -0.39 is 0 Å². The molecule has 0 unspecified atom stereocenters. The Balaban J connectivity index is 1.12. The molecule has 166 valence electrons. The van der Waals surface area contributed by atoms with E-state index in [0.29, 0.717) is 19.6 Å². The number of hydrogen-bond donors (Lipinski definition) is 1. The Morgan fingerprint density at radius 3 is 2.72 bits per heavy atom. The van der Waals surface area contributed by atoms with Crippen LogP contribution in [0.2, 0.25) is 0 Å². The number of fused-ring (bicyclic) bond motifs is 4. The smallest absolute Gasteiger partial charge is 0.322 e. The summed E-state index contributed by atoms with van der Waals surface area (Å²) in [4.78, 5) is 42.1. The lowest BCUT2D eigenvalue weighted by atomic mass is 9.97. The summed E-state index contributed by atoms with van der Waals surface area (Å²) in [7, 11) is 0. The van der Waals surface area contributed by atoms with Crippen LogP contribution in [0.3, 0.4) is 0 Å². The standard InChI is InChI=1S/C24H27N5O2S/c30-22-21-17-6-2-4-8-19(17)32-23(21)26-20(25-22)15-27-11-13-28(14-12-27)24(31)29-10-9-16-5-1-3-7-18(16)29/h1,3,5,7H,2,4,6,8-15H2,(H,25,26,30). The first-order valence-corrected chi connectivity index (χ1v) is 12.4. The van der Waals surface area contributed by atoms with Crippen molar-refractivity contribution < 1.29 is 4.79 Å². The molecule has 1 N–H and O–H groups in total. The van der Waals surface area contributed by atoms with Gasteiger partial charge < -0.3 is 9.88 Å². The van der Waals surface area contributed by atoms with Crippen molar-refractivity contribution in [2.24, 2.45) is 0 Å². The molecule has 1 saturated heterocycles. The first kappa shape index (κ1) is 19.9. The summed E-state index contributed by atoms with van der Waals surface area (Å²) in [6.07, 6.45) is 5.36. The maximum atomic E-state index is 13.1. The number of carbonyl (C=O) groups is 1. The molecule has 1 fully saturated rings. The third-order valence-corrected chi connectivity index (χ3v) is 8.19. The van der Waals surface area contributed by atoms with Gasteiger partial charge in [-0.2, -0.15) is 0 Å². The summed E-state index contributed by atoms with van der Waals surface area (Å²) in [5.41, 5.74) is 3.53. The lowest BCUT2D eigenvalue weighted by Gasteiger charge is -2.36. The highest BCUT2D eigenvalue weighted by Gasteiger charge is 2.30. The summed E-state index contributed by atoms with van der Waals surface area (Å²) in [5.74, 6) is 0.731. The number of carbonyl (C=O) groups excluding carboxylic acids is 1. The van der Waals surface area contributed by atoms with E-state index in [-0.39, 0.29) is 11.6 Å². The number of urea groups is 1. The highest BCUT2D eigenvalue weighted by molar-refractivity contribution is 7.18. The molecule has 2 aromatic heterocycles. The Bertz CT molecular complexity index is 1240. The van der Waals surface area contributed by atoms with Crippen LogP contribution < -0.4 is 10.5 Å². The van der Waals surface area contributed by atoms with Gasteiger partial charge in [-0.25, -0.2) is 9.78 Å². The fourth-order valence-electron chi connectivity index (χ4n) is 5.30. The Labute approximate surface area is 190 Å². The number of hydrogen-bond acceptors (Lipinski definition) is 5. The van der Waals surface area contributed by atoms with Crippen LogP contribution in [-0.2, 0) is 25.8 Å². The molecule has 4 heterocycles. The lowest BCUT2D eigenvalue weighted by molar-refractivity contribution is 0.137. The predicted molar refractivity (Wildman–Crippen MR) is 127 cm³/mol. The molecule has 3 aliphatic rings. The Morgan fingerprint density at radius 2 is 1.84 bits per heavy atom. The van der Waals surface area contributed by atoms with E-state index in [1.807, 2.05) is 28.0 Å². The van der Waals surface area contributed by atoms with Crippen LogP contribution in [0.15, 0.2) is 29.1 Å². The lowest BCUT2D eigenvalue weighted by Crippen LogP contribution is -2.52. The maximum Gasteiger partial charge on any atom is 0.324 e. The predicted octanol–water partition coefficient (Wildman–Crippen LogP) is 3.16. The largest absolute Gasteiger partial charge is 0.324 e. The van der Waals surface area contributed by atoms with Gasteiger partial charge in [-0.05, 0) is 49.3 Å². The number of nitrogens with one attached hydrogen (secondary N) is 1. The van der Waals surface area contributed by atoms with E-state index >= 15 is 0 Å². The molecule has 0 bridgehead atoms. The highest BCUT2D eigenvalue weighted by Crippen LogP contribution is 2.33. The van der Waals surface area contributed by atoms with E-state index in [4.69, 9.17) is 4.98 Å². The van der Waals surface area contributed by atoms with Gasteiger partial charge in [0.1, 0.15) is 10.7 Å². The minimum Gasteiger partial charge on any atom is -0.322 e. The highest BCUT2D eigenvalue weighted by atomic mass is 32.1. The molecular weight excluding hydrogens is 422 g/mol. The second-order valence-corrected chi connectivity index (χ2v) is 10.1. The van der Waals surface area contributed by atoms with Gasteiger partial charge in [0.15, 0.2) is 0 Å². The molecule has 3 aromatic rings. The maximum absolute atomic E-state index is 13.1. The molecular formula is C24H27N5O2S. The van der Waals surface area contributed by atoms with Gasteiger partial charge in [0.2, 0.25) is 0 Å². The summed E-state index contributed by atoms with van der Waals surface area (Å²) in [6, 6.07) is 8.28. The number of H-pyrrole nitrogens is 1. The van der Waals surface area contributed by atoms with E-state index in [1.54, 1.807) is 11.3 Å². The van der Waals surface area contributed by atoms with E-state index in [1.165, 1.54) is 22.4 Å². The third kappa shape index (κ3) is 3.42. The van der Waals surface area contributed by atoms with Crippen molar-refractivity contribution in [1.29, 1.82) is 0 Å². The fourth-order valence-corrected chi connectivity index (χ4v) is 6.58. The molecule has 2 aliphatic heterocycles. The van der Waals surface area contributed by atoms with Gasteiger partial charge in [0.05, 0.1) is 11.9 Å². The molecule has 32 heavy (non-hydrogen) atoms. The SMILES string of the molecule is O=C(N1CCN(Cc2nc3sc4c(c3c(=O)[nH]2)CCCC4)CC1)N1CCc2ccccc21. The zero-order chi connectivity index (χ0) is 21.7. The van der Waals surface area contributed by atoms with Gasteiger partial charge in [0.25, 0.3) is 5.56 Å². The number of aryl methyl sites for hydroxylation is 2. The molecule has 6 rings (SSSR count). The van der Waals surface area contributed by atoms with E-state index in [9.17, 15) is 9.59 Å². The average molecular weight is 450 g/mol. The Hall–Kier alpha value is -2.71. The number of aromatic nitrogens is 2. The van der Waals surface area contributed by atoms with Crippen LogP contribution >= 0.6 is 11.3 Å². The number of nitrogens with zero attached hydrogens (tertiary/aromatic N) is 4. The second kappa shape index (κ2) is 8.01. The zero-order valence-electron chi connectivity index (χ0n) is 18.1. The van der Waals surface area contributed by atoms with Gasteiger partial charge in [-0.1, -0.05) is 18.2 Å². The van der Waals surface area contributed by atoms with Gasteiger partial charge in [-0.3, -0.25) is 14.6 Å². The van der Waals surface area contributed by atoms with Crippen LogP contribution in [0.25, 0.3) is 10.2 Å². The van der Waals surface area contributed by atoms with Crippen LogP contribution in [-0.4, -0.2) is 58.5 Å². The van der Waals surface area contributed by atoms with Crippen molar-refractivity contribution in [2.45, 2.75) is 38.6 Å². The number of aromatic amines is 1. The van der Waals surface area contributed by atoms with Crippen LogP contribution in [0.4, 0.5) is 10.5 Å². The summed E-state index contributed by atoms with van der Waals surface area (Å²) in [6.45, 7) is 4.32. The number of piperazine rings is 1. The Morgan fingerprint density at radius 1 is 1.03 bits per heavy atom. The molecule has 2 amide bonds. The topological polar surface area (TPSA) is 72.5 Å². The van der Waals surface area contributed by atoms with Crippen molar-refractivity contribution in [3.8, 4) is 0 Å². The van der Waals surface area contributed by atoms with Crippen molar-refractivity contribution in [2.75, 3.05) is 37.6 Å². The monoisotopic (exact) mass is 449 g/mol. The average Bonchev–Trinajstić information content (AvgIpc) is 3.41. The van der Waals surface area contributed by atoms with Crippen molar-refractivity contribution >= 4 is 33.3 Å². The van der Waals surface area contributed by atoms with Crippen molar-refractivity contribution in [3.05, 3.63) is 56.4 Å². The number of anilines is 1. The van der Waals surface area contributed by atoms with Gasteiger partial charge in [0, 0.05) is 43.3 Å². The van der Waals surface area contributed by atoms with Crippen LogP contribution in [0, 0.1) is 0 Å². The molecule has 0 atom stereocenters. The third-order valence-electron chi connectivity index (χ3n) is 7.01. The number of thiophene rings is 1. The van der Waals surface area contributed by atoms with Gasteiger partial charge >= 0.3 is 6.03 Å². The summed E-state index contributed by atoms with van der Waals surface area (Å²) in [5, 5.41) is 0.815. The normalized spacial score (nSPS) is 18.8. The molecule has 1 aromatic carbocycles. The quantitative estimate of drug-likeness (QED) is 0.652. The first-order chi connectivity index (χ1) is 15.7. The minimum absolute atomic E-state index is 0.00547.